The number of hydrogen-bond acceptors (Lipinski definition) is 43. The van der Waals surface area contributed by atoms with E-state index in [0.29, 0.717) is 97.1 Å². The minimum Gasteiger partial charge on any atom is -0.504 e. The summed E-state index contributed by atoms with van der Waals surface area (Å²) in [5, 5.41) is 251. The van der Waals surface area contributed by atoms with E-state index in [4.69, 9.17) is 52.1 Å². The van der Waals surface area contributed by atoms with Gasteiger partial charge in [-0.2, -0.15) is 0 Å². The third-order valence-corrected chi connectivity index (χ3v) is 16.1. The normalized spacial score (nSPS) is 19.3. The fourth-order valence-corrected chi connectivity index (χ4v) is 10.6. The minimum absolute atomic E-state index is 0.374. The molecule has 24 N–H and O–H groups in total. The monoisotopic (exact) mass is 1560 g/mol. The van der Waals surface area contributed by atoms with Crippen molar-refractivity contribution in [2.75, 3.05) is 13.2 Å². The molecule has 2 aliphatic rings. The Morgan fingerprint density at radius 1 is 0.216 bits per heavy atom. The average molecular weight is 1560 g/mol. The van der Waals surface area contributed by atoms with Gasteiger partial charge in [-0.15, -0.1) is 0 Å². The molecular formula is C68H54O43. The molecule has 10 rings (SSSR count). The molecule has 0 radical (unpaired) electrons. The van der Waals surface area contributed by atoms with Crippen molar-refractivity contribution in [2.24, 2.45) is 0 Å². The van der Waals surface area contributed by atoms with Crippen molar-refractivity contribution < 1.29 is 213 Å². The van der Waals surface area contributed by atoms with Crippen LogP contribution in [0.2, 0.25) is 0 Å². The molecule has 0 aromatic heterocycles. The number of ether oxygens (including phenoxy) is 11. The summed E-state index contributed by atoms with van der Waals surface area (Å²) in [5.41, 5.74) is -8.03. The first-order valence-electron chi connectivity index (χ1n) is 30.8. The average Bonchev–Trinajstić information content (AvgIpc) is 0.752. The SMILES string of the molecule is O=C(OC[C@H]1O[C@@H](O[C@H]2[C@H](OC(=O)c3cc(O)c(O)c(O)c3)[C@@H](OC(=O)c3cc(O)c(O)c(O)c3)C(OC(=O)c3cc(O)c(O)c(O)c3)O[C@@H]2COC(=O)c2cc(O)c(O)c(O)c2)[C@H](OC(=O)c2cc(O)c(O)c(O)c2)[C@@H](OC(=O)c2cc(O)c(O)c(O)c2)[C@H]1OC(=O)c1cc(O)c(O)c(O)c1)c1cc(O)c(O)c(O)c1. The summed E-state index contributed by atoms with van der Waals surface area (Å²) in [6.07, 6.45) is -29.2. The fraction of sp³-hybridized carbons (Fsp3) is 0.176. The van der Waals surface area contributed by atoms with E-state index in [2.05, 4.69) is 0 Å². The Labute approximate surface area is 613 Å². The van der Waals surface area contributed by atoms with E-state index in [1.54, 1.807) is 0 Å². The van der Waals surface area contributed by atoms with Crippen LogP contribution in [-0.2, 0) is 52.1 Å². The van der Waals surface area contributed by atoms with E-state index < -0.39 is 305 Å². The Morgan fingerprint density at radius 2 is 0.387 bits per heavy atom. The molecule has 0 aliphatic carbocycles. The second-order valence-corrected chi connectivity index (χ2v) is 23.5. The van der Waals surface area contributed by atoms with Gasteiger partial charge < -0.3 is 175 Å². The van der Waals surface area contributed by atoms with Gasteiger partial charge in [0.2, 0.25) is 12.4 Å². The molecule has 0 spiro atoms. The van der Waals surface area contributed by atoms with Gasteiger partial charge in [0.05, 0.1) is 44.5 Å². The van der Waals surface area contributed by atoms with Crippen LogP contribution in [-0.4, -0.2) is 245 Å². The number of phenolic OH excluding ortho intramolecular Hbond substituents is 24. The molecule has 43 heteroatoms. The smallest absolute Gasteiger partial charge is 0.340 e. The minimum atomic E-state index is -3.11. The van der Waals surface area contributed by atoms with Crippen molar-refractivity contribution in [2.45, 2.75) is 61.4 Å². The first kappa shape index (κ1) is 78.2. The number of benzene rings is 8. The molecule has 10 atom stereocenters. The van der Waals surface area contributed by atoms with Gasteiger partial charge >= 0.3 is 47.8 Å². The second-order valence-electron chi connectivity index (χ2n) is 23.5. The maximum atomic E-state index is 15.0. The van der Waals surface area contributed by atoms with Crippen molar-refractivity contribution >= 4 is 47.8 Å². The van der Waals surface area contributed by atoms with Crippen LogP contribution in [0.5, 0.6) is 138 Å². The second kappa shape index (κ2) is 31.0. The Hall–Kier alpha value is -15.4. The quantitative estimate of drug-likeness (QED) is 0.0296. The van der Waals surface area contributed by atoms with Crippen LogP contribution in [0.1, 0.15) is 82.9 Å². The number of rotatable bonds is 20. The van der Waals surface area contributed by atoms with Crippen LogP contribution in [0.3, 0.4) is 0 Å². The fourth-order valence-electron chi connectivity index (χ4n) is 10.6. The topological polar surface area (TPSA) is 724 Å². The molecule has 0 amide bonds. The zero-order valence-corrected chi connectivity index (χ0v) is 54.9. The molecule has 2 aliphatic heterocycles. The highest BCUT2D eigenvalue weighted by Gasteiger charge is 2.59. The molecule has 111 heavy (non-hydrogen) atoms. The van der Waals surface area contributed by atoms with Crippen LogP contribution < -0.4 is 0 Å². The number of esters is 8. The molecule has 0 saturated carbocycles. The summed E-state index contributed by atoms with van der Waals surface area (Å²) in [6, 6.07) is 6.65. The summed E-state index contributed by atoms with van der Waals surface area (Å²) in [4.78, 5) is 117. The predicted octanol–water partition coefficient (Wildman–Crippen LogP) is 2.45. The Kier molecular flexibility index (Phi) is 21.8. The van der Waals surface area contributed by atoms with E-state index in [0.717, 1.165) is 0 Å². The summed E-state index contributed by atoms with van der Waals surface area (Å²) < 4.78 is 64.8. The van der Waals surface area contributed by atoms with E-state index in [1.807, 2.05) is 0 Å². The number of carbonyl (C=O) groups excluding carboxylic acids is 8. The van der Waals surface area contributed by atoms with Crippen LogP contribution in [0.25, 0.3) is 0 Å². The lowest BCUT2D eigenvalue weighted by Gasteiger charge is -2.48. The molecule has 43 nitrogen and oxygen atoms in total. The highest BCUT2D eigenvalue weighted by molar-refractivity contribution is 5.96. The third kappa shape index (κ3) is 16.4. The van der Waals surface area contributed by atoms with E-state index >= 15 is 0 Å². The van der Waals surface area contributed by atoms with Gasteiger partial charge in [0.1, 0.15) is 31.5 Å². The molecule has 8 aromatic rings. The molecule has 8 aromatic carbocycles. The molecule has 2 fully saturated rings. The van der Waals surface area contributed by atoms with Crippen LogP contribution >= 0.6 is 0 Å². The Balaban J connectivity index is 1.25. The van der Waals surface area contributed by atoms with Gasteiger partial charge in [0.15, 0.2) is 169 Å². The van der Waals surface area contributed by atoms with Gasteiger partial charge in [0.25, 0.3) is 0 Å². The van der Waals surface area contributed by atoms with Gasteiger partial charge in [-0.1, -0.05) is 0 Å². The van der Waals surface area contributed by atoms with E-state index in [9.17, 15) is 161 Å². The number of phenols is 24. The van der Waals surface area contributed by atoms with Crippen LogP contribution in [0, 0.1) is 0 Å². The lowest BCUT2D eigenvalue weighted by Crippen LogP contribution is -2.67. The number of hydrogen-bond donors (Lipinski definition) is 24. The summed E-state index contributed by atoms with van der Waals surface area (Å²) in [5.74, 6) is -45.5. The summed E-state index contributed by atoms with van der Waals surface area (Å²) in [6.45, 7) is -3.24. The van der Waals surface area contributed by atoms with E-state index in [-0.39, 0.29) is 0 Å². The Bertz CT molecular complexity index is 4920. The van der Waals surface area contributed by atoms with Crippen LogP contribution in [0.15, 0.2) is 97.1 Å². The van der Waals surface area contributed by atoms with Crippen molar-refractivity contribution in [1.29, 1.82) is 0 Å². The van der Waals surface area contributed by atoms with Crippen LogP contribution in [0.4, 0.5) is 0 Å². The zero-order chi connectivity index (χ0) is 81.4. The lowest BCUT2D eigenvalue weighted by atomic mass is 9.95. The van der Waals surface area contributed by atoms with Crippen molar-refractivity contribution in [3.05, 3.63) is 142 Å². The first-order valence-corrected chi connectivity index (χ1v) is 30.8. The van der Waals surface area contributed by atoms with Gasteiger partial charge in [-0.25, -0.2) is 38.4 Å². The largest absolute Gasteiger partial charge is 0.504 e. The first-order chi connectivity index (χ1) is 52.2. The van der Waals surface area contributed by atoms with Crippen molar-refractivity contribution in [3.63, 3.8) is 0 Å². The molecule has 584 valence electrons. The maximum absolute atomic E-state index is 15.0. The number of aromatic hydroxyl groups is 24. The number of carbonyl (C=O) groups is 8. The molecule has 2 heterocycles. The Morgan fingerprint density at radius 3 is 0.631 bits per heavy atom. The highest BCUT2D eigenvalue weighted by atomic mass is 16.8. The van der Waals surface area contributed by atoms with Crippen molar-refractivity contribution in [3.8, 4) is 138 Å². The van der Waals surface area contributed by atoms with E-state index in [1.165, 1.54) is 0 Å². The van der Waals surface area contributed by atoms with Crippen molar-refractivity contribution in [1.82, 2.24) is 0 Å². The van der Waals surface area contributed by atoms with Gasteiger partial charge in [-0.3, -0.25) is 0 Å². The maximum Gasteiger partial charge on any atom is 0.340 e. The summed E-state index contributed by atoms with van der Waals surface area (Å²) >= 11 is 0. The molecule has 0 bridgehead atoms. The van der Waals surface area contributed by atoms with Gasteiger partial charge in [0, 0.05) is 0 Å². The zero-order valence-electron chi connectivity index (χ0n) is 54.9. The third-order valence-electron chi connectivity index (χ3n) is 16.1. The predicted molar refractivity (Wildman–Crippen MR) is 346 cm³/mol. The van der Waals surface area contributed by atoms with Gasteiger partial charge in [-0.05, 0) is 97.1 Å². The molecule has 2 saturated heterocycles. The highest BCUT2D eigenvalue weighted by Crippen LogP contribution is 2.46. The molecular weight excluding hydrogens is 1500 g/mol. The lowest BCUT2D eigenvalue weighted by molar-refractivity contribution is -0.351. The standard InChI is InChI=1S/C68H54O43/c69-27-1-19(2-28(70)45(27)85)59(93)101-17-43-53(105-61(95)21-5-31(73)47(87)32(74)6-21)55(106-62(96)22-7-33(75)48(88)34(76)8-22)57(108-64(98)24-11-37(79)50(90)38(80)12-24)67(103-43)110-54-44(18-102-60(94)20-3-29(71)46(86)30(72)4-20)104-68(111-66(100)26-15-41(83)52(92)42(84)16-26)58(109-65(99)25-13-39(81)51(91)40(82)14-25)56(54)107-63(97)23-9-35(77)49(89)36(78)10-23/h1-16,43-44,53-58,67-92H,17-18H2/t43-,44-,53+,54-,55+,56+,57-,58-,67+,68?/m1/s1. The molecule has 1 unspecified atom stereocenters. The summed E-state index contributed by atoms with van der Waals surface area (Å²) in [7, 11) is 0.